The Morgan fingerprint density at radius 3 is 2.31 bits per heavy atom. The van der Waals surface area contributed by atoms with Gasteiger partial charge in [0.05, 0.1) is 4.90 Å². The molecule has 2 aromatic carbocycles. The van der Waals surface area contributed by atoms with Crippen molar-refractivity contribution in [2.75, 3.05) is 11.9 Å². The summed E-state index contributed by atoms with van der Waals surface area (Å²) in [5.74, 6) is -0.798. The van der Waals surface area contributed by atoms with Crippen molar-refractivity contribution >= 4 is 33.7 Å². The summed E-state index contributed by atoms with van der Waals surface area (Å²) in [4.78, 5) is 23.5. The van der Waals surface area contributed by atoms with Gasteiger partial charge >= 0.3 is 6.03 Å². The normalized spacial score (nSPS) is 11.2. The molecule has 0 spiro atoms. The lowest BCUT2D eigenvalue weighted by molar-refractivity contribution is -0.111. The number of hydrogen-bond acceptors (Lipinski definition) is 4. The molecule has 3 N–H and O–H groups in total. The topological polar surface area (TPSA) is 104 Å². The largest absolute Gasteiger partial charge is 0.337 e. The Morgan fingerprint density at radius 1 is 1.03 bits per heavy atom. The maximum absolute atomic E-state index is 12.9. The Kier molecular flexibility index (Phi) is 7.90. The first-order valence-electron chi connectivity index (χ1n) is 8.95. The number of nitrogens with one attached hydrogen (secondary N) is 3. The highest BCUT2D eigenvalue weighted by Crippen LogP contribution is 2.14. The average molecular weight is 419 g/mol. The zero-order valence-electron chi connectivity index (χ0n) is 15.8. The van der Waals surface area contributed by atoms with Gasteiger partial charge in [0.15, 0.2) is 0 Å². The van der Waals surface area contributed by atoms with Crippen LogP contribution in [0.5, 0.6) is 0 Å². The van der Waals surface area contributed by atoms with Crippen molar-refractivity contribution in [1.82, 2.24) is 10.0 Å². The van der Waals surface area contributed by atoms with Crippen LogP contribution in [-0.4, -0.2) is 26.9 Å². The molecule has 0 saturated heterocycles. The van der Waals surface area contributed by atoms with E-state index in [1.165, 1.54) is 60.7 Å². The summed E-state index contributed by atoms with van der Waals surface area (Å²) in [6.07, 6.45) is 4.42. The third-order valence-corrected chi connectivity index (χ3v) is 5.12. The van der Waals surface area contributed by atoms with Crippen LogP contribution in [0.15, 0.2) is 59.5 Å². The van der Waals surface area contributed by atoms with Crippen LogP contribution in [-0.2, 0) is 14.8 Å². The second-order valence-electron chi connectivity index (χ2n) is 6.11. The van der Waals surface area contributed by atoms with Crippen LogP contribution in [0.1, 0.15) is 25.3 Å². The smallest absolute Gasteiger partial charge is 0.328 e. The fourth-order valence-electron chi connectivity index (χ4n) is 2.24. The number of benzene rings is 2. The summed E-state index contributed by atoms with van der Waals surface area (Å²) in [6.45, 7) is 2.34. The van der Waals surface area contributed by atoms with Crippen molar-refractivity contribution in [3.63, 3.8) is 0 Å². The van der Waals surface area contributed by atoms with E-state index in [-0.39, 0.29) is 10.7 Å². The van der Waals surface area contributed by atoms with Gasteiger partial charge < -0.3 is 10.6 Å². The Bertz CT molecular complexity index is 972. The van der Waals surface area contributed by atoms with Crippen molar-refractivity contribution in [3.05, 3.63) is 66.0 Å². The molecule has 9 heteroatoms. The molecule has 0 atom stereocenters. The fraction of sp³-hybridized carbons (Fsp3) is 0.200. The number of carbonyl (C=O) groups is 2. The van der Waals surface area contributed by atoms with E-state index in [9.17, 15) is 22.4 Å². The summed E-state index contributed by atoms with van der Waals surface area (Å²) in [6, 6.07) is 10.2. The van der Waals surface area contributed by atoms with Gasteiger partial charge in [-0.15, -0.1) is 0 Å². The van der Waals surface area contributed by atoms with Gasteiger partial charge in [0.25, 0.3) is 10.0 Å². The standard InChI is InChI=1S/C20H22FN3O4S/c1-2-3-14-22-20(26)24-29(27,28)18-11-9-17(10-12-18)23-19(25)13-6-15-4-7-16(21)8-5-15/h4-13H,2-3,14H2,1H3,(H,23,25)(H2,22,24,26)/b13-6+. The minimum atomic E-state index is -4.01. The summed E-state index contributed by atoms with van der Waals surface area (Å²) in [5, 5.41) is 5.05. The van der Waals surface area contributed by atoms with Gasteiger partial charge in [-0.05, 0) is 54.5 Å². The molecule has 0 aromatic heterocycles. The number of rotatable bonds is 8. The monoisotopic (exact) mass is 419 g/mol. The van der Waals surface area contributed by atoms with E-state index >= 15 is 0 Å². The van der Waals surface area contributed by atoms with E-state index in [0.717, 1.165) is 12.8 Å². The van der Waals surface area contributed by atoms with Gasteiger partial charge in [0.1, 0.15) is 5.82 Å². The molecule has 7 nitrogen and oxygen atoms in total. The van der Waals surface area contributed by atoms with Gasteiger partial charge in [-0.2, -0.15) is 0 Å². The first-order chi connectivity index (χ1) is 13.8. The Hall–Kier alpha value is -3.20. The highest BCUT2D eigenvalue weighted by Gasteiger charge is 2.17. The lowest BCUT2D eigenvalue weighted by atomic mass is 10.2. The minimum Gasteiger partial charge on any atom is -0.337 e. The Balaban J connectivity index is 1.94. The van der Waals surface area contributed by atoms with Gasteiger partial charge in [0, 0.05) is 18.3 Å². The number of amides is 3. The maximum atomic E-state index is 12.9. The zero-order chi connectivity index (χ0) is 21.3. The summed E-state index contributed by atoms with van der Waals surface area (Å²) >= 11 is 0. The molecule has 0 heterocycles. The molecule has 0 saturated carbocycles. The van der Waals surface area contributed by atoms with E-state index in [1.807, 2.05) is 11.6 Å². The van der Waals surface area contributed by atoms with Crippen molar-refractivity contribution in [2.45, 2.75) is 24.7 Å². The second-order valence-corrected chi connectivity index (χ2v) is 7.80. The minimum absolute atomic E-state index is 0.108. The fourth-order valence-corrected chi connectivity index (χ4v) is 3.17. The van der Waals surface area contributed by atoms with Gasteiger partial charge in [-0.25, -0.2) is 22.3 Å². The quantitative estimate of drug-likeness (QED) is 0.451. The van der Waals surface area contributed by atoms with Crippen LogP contribution < -0.4 is 15.4 Å². The van der Waals surface area contributed by atoms with Gasteiger partial charge in [-0.1, -0.05) is 25.5 Å². The number of urea groups is 1. The van der Waals surface area contributed by atoms with Crippen molar-refractivity contribution in [1.29, 1.82) is 0 Å². The van der Waals surface area contributed by atoms with Crippen LogP contribution in [0.3, 0.4) is 0 Å². The molecule has 2 aromatic rings. The van der Waals surface area contributed by atoms with Crippen LogP contribution in [0.25, 0.3) is 6.08 Å². The van der Waals surface area contributed by atoms with E-state index in [2.05, 4.69) is 10.6 Å². The molecular formula is C20H22FN3O4S. The SMILES string of the molecule is CCCCNC(=O)NS(=O)(=O)c1ccc(NC(=O)/C=C/c2ccc(F)cc2)cc1. The molecule has 0 bridgehead atoms. The van der Waals surface area contributed by atoms with Gasteiger partial charge in [0.2, 0.25) is 5.91 Å². The molecule has 0 aliphatic rings. The van der Waals surface area contributed by atoms with Crippen LogP contribution in [0, 0.1) is 5.82 Å². The number of unbranched alkanes of at least 4 members (excludes halogenated alkanes) is 1. The number of sulfonamides is 1. The number of hydrogen-bond donors (Lipinski definition) is 3. The van der Waals surface area contributed by atoms with Crippen molar-refractivity contribution < 1.29 is 22.4 Å². The van der Waals surface area contributed by atoms with Crippen LogP contribution >= 0.6 is 0 Å². The van der Waals surface area contributed by atoms with E-state index < -0.39 is 22.0 Å². The predicted octanol–water partition coefficient (Wildman–Crippen LogP) is 3.27. The molecule has 2 rings (SSSR count). The Labute approximate surface area is 169 Å². The van der Waals surface area contributed by atoms with Crippen molar-refractivity contribution in [2.24, 2.45) is 0 Å². The highest BCUT2D eigenvalue weighted by atomic mass is 32.2. The third-order valence-electron chi connectivity index (χ3n) is 3.77. The van der Waals surface area contributed by atoms with Crippen molar-refractivity contribution in [3.8, 4) is 0 Å². The lowest BCUT2D eigenvalue weighted by Gasteiger charge is -2.09. The molecule has 0 aliphatic heterocycles. The molecule has 154 valence electrons. The molecule has 3 amide bonds. The summed E-state index contributed by atoms with van der Waals surface area (Å²) < 4.78 is 39.2. The summed E-state index contributed by atoms with van der Waals surface area (Å²) in [5.41, 5.74) is 1.04. The number of carbonyl (C=O) groups excluding carboxylic acids is 2. The van der Waals surface area contributed by atoms with E-state index in [4.69, 9.17) is 0 Å². The number of anilines is 1. The second kappa shape index (κ2) is 10.4. The molecular weight excluding hydrogens is 397 g/mol. The van der Waals surface area contributed by atoms with Crippen LogP contribution in [0.4, 0.5) is 14.9 Å². The first kappa shape index (κ1) is 22.1. The average Bonchev–Trinajstić information content (AvgIpc) is 2.68. The summed E-state index contributed by atoms with van der Waals surface area (Å²) in [7, 11) is -4.01. The third kappa shape index (κ3) is 7.38. The number of halogens is 1. The van der Waals surface area contributed by atoms with E-state index in [1.54, 1.807) is 0 Å². The predicted molar refractivity (Wildman–Crippen MR) is 109 cm³/mol. The molecule has 0 unspecified atom stereocenters. The van der Waals surface area contributed by atoms with Gasteiger partial charge in [-0.3, -0.25) is 4.79 Å². The first-order valence-corrected chi connectivity index (χ1v) is 10.4. The maximum Gasteiger partial charge on any atom is 0.328 e. The van der Waals surface area contributed by atoms with E-state index in [0.29, 0.717) is 17.8 Å². The lowest BCUT2D eigenvalue weighted by Crippen LogP contribution is -2.39. The molecule has 0 radical (unpaired) electrons. The highest BCUT2D eigenvalue weighted by molar-refractivity contribution is 7.90. The zero-order valence-corrected chi connectivity index (χ0v) is 16.6. The molecule has 0 fully saturated rings. The Morgan fingerprint density at radius 2 is 1.69 bits per heavy atom. The molecule has 29 heavy (non-hydrogen) atoms. The molecule has 0 aliphatic carbocycles. The van der Waals surface area contributed by atoms with Crippen LogP contribution in [0.2, 0.25) is 0 Å².